The van der Waals surface area contributed by atoms with E-state index < -0.39 is 29.4 Å². The van der Waals surface area contributed by atoms with Crippen LogP contribution >= 0.6 is 0 Å². The number of nitro benzene ring substituents is 1. The van der Waals surface area contributed by atoms with E-state index in [0.29, 0.717) is 11.6 Å². The molecule has 1 aliphatic rings. The molecule has 10 nitrogen and oxygen atoms in total. The maximum absolute atomic E-state index is 12.2. The number of carbonyl (C=O) groups is 3. The van der Waals surface area contributed by atoms with Crippen LogP contribution in [-0.4, -0.2) is 42.5 Å². The van der Waals surface area contributed by atoms with Crippen LogP contribution < -0.4 is 16.0 Å². The monoisotopic (exact) mass is 392 g/mol. The molecule has 0 spiro atoms. The molecule has 2 rings (SSSR count). The summed E-state index contributed by atoms with van der Waals surface area (Å²) in [4.78, 5) is 46.2. The number of hydrogen-bond donors (Lipinski definition) is 3. The lowest BCUT2D eigenvalue weighted by molar-refractivity contribution is -0.384. The summed E-state index contributed by atoms with van der Waals surface area (Å²) in [6.45, 7) is 1.37. The van der Waals surface area contributed by atoms with Gasteiger partial charge in [0.05, 0.1) is 10.5 Å². The number of rotatable bonds is 6. The topological polar surface area (TPSA) is 140 Å². The molecule has 0 heterocycles. The highest BCUT2D eigenvalue weighted by molar-refractivity contribution is 5.99. The normalized spacial score (nSPS) is 18.6. The number of urea groups is 1. The second-order valence-electron chi connectivity index (χ2n) is 6.70. The van der Waals surface area contributed by atoms with E-state index in [1.165, 1.54) is 12.1 Å². The number of esters is 1. The second-order valence-corrected chi connectivity index (χ2v) is 6.70. The van der Waals surface area contributed by atoms with Crippen LogP contribution in [0.15, 0.2) is 18.2 Å². The van der Waals surface area contributed by atoms with Gasteiger partial charge in [-0.15, -0.1) is 0 Å². The molecule has 3 amide bonds. The van der Waals surface area contributed by atoms with Gasteiger partial charge >= 0.3 is 12.0 Å². The zero-order chi connectivity index (χ0) is 20.7. The van der Waals surface area contributed by atoms with Crippen LogP contribution in [0.1, 0.15) is 43.0 Å². The minimum absolute atomic E-state index is 0.00663. The van der Waals surface area contributed by atoms with Crippen molar-refractivity contribution in [3.05, 3.63) is 33.9 Å². The molecule has 3 N–H and O–H groups in total. The average Bonchev–Trinajstić information content (AvgIpc) is 2.67. The van der Waals surface area contributed by atoms with E-state index in [1.807, 2.05) is 6.92 Å². The summed E-state index contributed by atoms with van der Waals surface area (Å²) >= 11 is 0. The lowest BCUT2D eigenvalue weighted by atomic mass is 9.86. The van der Waals surface area contributed by atoms with Crippen LogP contribution in [0.25, 0.3) is 0 Å². The van der Waals surface area contributed by atoms with E-state index in [4.69, 9.17) is 4.74 Å². The standard InChI is InChI=1S/C18H24N4O6/c1-11-5-3-4-6-14(11)20-18(25)21-16(23)10-28-17(24)13-9-12(22(26)27)7-8-15(13)19-2/h7-9,11,14,19H,3-6,10H2,1-2H3,(H2,20,21,23,25)/t11-,14+/m1/s1. The summed E-state index contributed by atoms with van der Waals surface area (Å²) in [5, 5.41) is 18.5. The molecule has 1 aromatic rings. The number of ether oxygens (including phenoxy) is 1. The maximum atomic E-state index is 12.2. The summed E-state index contributed by atoms with van der Waals surface area (Å²) in [5.74, 6) is -1.36. The highest BCUT2D eigenvalue weighted by Crippen LogP contribution is 2.24. The first-order chi connectivity index (χ1) is 13.3. The van der Waals surface area contributed by atoms with E-state index in [2.05, 4.69) is 16.0 Å². The number of amides is 3. The maximum Gasteiger partial charge on any atom is 0.341 e. The van der Waals surface area contributed by atoms with E-state index in [1.54, 1.807) is 7.05 Å². The molecule has 10 heteroatoms. The molecule has 0 aliphatic heterocycles. The van der Waals surface area contributed by atoms with Crippen molar-refractivity contribution in [2.24, 2.45) is 5.92 Å². The zero-order valence-corrected chi connectivity index (χ0v) is 15.8. The van der Waals surface area contributed by atoms with Crippen molar-refractivity contribution in [3.63, 3.8) is 0 Å². The molecular formula is C18H24N4O6. The minimum Gasteiger partial charge on any atom is -0.452 e. The number of imide groups is 1. The van der Waals surface area contributed by atoms with Gasteiger partial charge in [-0.05, 0) is 24.8 Å². The molecule has 0 bridgehead atoms. The molecule has 1 aromatic carbocycles. The minimum atomic E-state index is -0.912. The average molecular weight is 392 g/mol. The third-order valence-electron chi connectivity index (χ3n) is 4.72. The van der Waals surface area contributed by atoms with E-state index in [9.17, 15) is 24.5 Å². The van der Waals surface area contributed by atoms with Gasteiger partial charge in [-0.2, -0.15) is 0 Å². The molecule has 0 aromatic heterocycles. The number of anilines is 1. The molecule has 2 atom stereocenters. The van der Waals surface area contributed by atoms with Crippen LogP contribution in [-0.2, 0) is 9.53 Å². The number of nitrogens with zero attached hydrogens (tertiary/aromatic N) is 1. The Morgan fingerprint density at radius 1 is 1.25 bits per heavy atom. The molecule has 1 aliphatic carbocycles. The van der Waals surface area contributed by atoms with Crippen molar-refractivity contribution in [2.45, 2.75) is 38.6 Å². The first-order valence-corrected chi connectivity index (χ1v) is 9.05. The van der Waals surface area contributed by atoms with Gasteiger partial charge in [0.25, 0.3) is 11.6 Å². The van der Waals surface area contributed by atoms with Crippen molar-refractivity contribution < 1.29 is 24.0 Å². The van der Waals surface area contributed by atoms with Crippen LogP contribution in [0.4, 0.5) is 16.2 Å². The number of hydrogen-bond acceptors (Lipinski definition) is 7. The van der Waals surface area contributed by atoms with Gasteiger partial charge in [-0.25, -0.2) is 9.59 Å². The highest BCUT2D eigenvalue weighted by atomic mass is 16.6. The Kier molecular flexibility index (Phi) is 7.30. The van der Waals surface area contributed by atoms with Crippen molar-refractivity contribution >= 4 is 29.3 Å². The Morgan fingerprint density at radius 3 is 2.61 bits per heavy atom. The summed E-state index contributed by atoms with van der Waals surface area (Å²) in [6.07, 6.45) is 4.03. The van der Waals surface area contributed by atoms with Gasteiger partial charge in [0, 0.05) is 30.9 Å². The van der Waals surface area contributed by atoms with Gasteiger partial charge in [0.15, 0.2) is 6.61 Å². The Morgan fingerprint density at radius 2 is 1.96 bits per heavy atom. The lowest BCUT2D eigenvalue weighted by Gasteiger charge is -2.29. The number of nitrogens with one attached hydrogen (secondary N) is 3. The van der Waals surface area contributed by atoms with Crippen LogP contribution in [0.5, 0.6) is 0 Å². The van der Waals surface area contributed by atoms with Crippen LogP contribution in [0.3, 0.4) is 0 Å². The molecule has 0 unspecified atom stereocenters. The van der Waals surface area contributed by atoms with Crippen molar-refractivity contribution in [1.29, 1.82) is 0 Å². The van der Waals surface area contributed by atoms with Gasteiger partial charge < -0.3 is 15.4 Å². The van der Waals surface area contributed by atoms with Crippen molar-refractivity contribution in [3.8, 4) is 0 Å². The molecule has 0 radical (unpaired) electrons. The van der Waals surface area contributed by atoms with Crippen LogP contribution in [0, 0.1) is 16.0 Å². The van der Waals surface area contributed by atoms with Gasteiger partial charge in [-0.3, -0.25) is 20.2 Å². The third kappa shape index (κ3) is 5.66. The SMILES string of the molecule is CNc1ccc([N+](=O)[O-])cc1C(=O)OCC(=O)NC(=O)N[C@H]1CCCC[C@H]1C. The van der Waals surface area contributed by atoms with Gasteiger partial charge in [-0.1, -0.05) is 19.8 Å². The zero-order valence-electron chi connectivity index (χ0n) is 15.8. The second kappa shape index (κ2) is 9.67. The predicted molar refractivity (Wildman–Crippen MR) is 101 cm³/mol. The van der Waals surface area contributed by atoms with Crippen LogP contribution in [0.2, 0.25) is 0 Å². The molecular weight excluding hydrogens is 368 g/mol. The van der Waals surface area contributed by atoms with Crippen molar-refractivity contribution in [1.82, 2.24) is 10.6 Å². The third-order valence-corrected chi connectivity index (χ3v) is 4.72. The molecule has 152 valence electrons. The summed E-state index contributed by atoms with van der Waals surface area (Å²) in [5.41, 5.74) is -0.0404. The fourth-order valence-electron chi connectivity index (χ4n) is 3.14. The largest absolute Gasteiger partial charge is 0.452 e. The lowest BCUT2D eigenvalue weighted by Crippen LogP contribution is -2.48. The molecule has 0 saturated heterocycles. The fourth-order valence-corrected chi connectivity index (χ4v) is 3.14. The Hall–Kier alpha value is -3.17. The summed E-state index contributed by atoms with van der Waals surface area (Å²) in [6, 6.07) is 3.04. The highest BCUT2D eigenvalue weighted by Gasteiger charge is 2.24. The van der Waals surface area contributed by atoms with Gasteiger partial charge in [0.1, 0.15) is 0 Å². The number of non-ortho nitro benzene ring substituents is 1. The number of benzene rings is 1. The Labute approximate surface area is 162 Å². The number of carbonyl (C=O) groups excluding carboxylic acids is 3. The van der Waals surface area contributed by atoms with E-state index in [0.717, 1.165) is 31.7 Å². The molecule has 1 saturated carbocycles. The summed E-state index contributed by atoms with van der Waals surface area (Å²) in [7, 11) is 1.54. The first kappa shape index (κ1) is 21.1. The smallest absolute Gasteiger partial charge is 0.341 e. The quantitative estimate of drug-likeness (QED) is 0.383. The van der Waals surface area contributed by atoms with E-state index >= 15 is 0 Å². The first-order valence-electron chi connectivity index (χ1n) is 9.05. The summed E-state index contributed by atoms with van der Waals surface area (Å²) < 4.78 is 4.89. The Bertz CT molecular complexity index is 766. The fraction of sp³-hybridized carbons (Fsp3) is 0.500. The number of nitro groups is 1. The molecule has 1 fully saturated rings. The predicted octanol–water partition coefficient (Wildman–Crippen LogP) is 2.20. The van der Waals surface area contributed by atoms with Crippen molar-refractivity contribution in [2.75, 3.05) is 19.0 Å². The Balaban J connectivity index is 1.88. The molecule has 28 heavy (non-hydrogen) atoms. The van der Waals surface area contributed by atoms with E-state index in [-0.39, 0.29) is 17.3 Å². The van der Waals surface area contributed by atoms with Gasteiger partial charge in [0.2, 0.25) is 0 Å².